The molecule has 0 radical (unpaired) electrons. The molecule has 0 saturated carbocycles. The zero-order chi connectivity index (χ0) is 28.7. The first-order valence-electron chi connectivity index (χ1n) is 12.9. The molecule has 216 valence electrons. The Balaban J connectivity index is 1.64. The molecular weight excluding hydrogens is 510 g/mol. The van der Waals surface area contributed by atoms with Gasteiger partial charge in [0.1, 0.15) is 36.1 Å². The molecule has 1 aliphatic heterocycles. The molecule has 2 aromatic rings. The summed E-state index contributed by atoms with van der Waals surface area (Å²) in [5, 5.41) is 79.2. The molecule has 11 nitrogen and oxygen atoms in total. The monoisotopic (exact) mass is 550 g/mol. The third kappa shape index (κ3) is 7.33. The van der Waals surface area contributed by atoms with Gasteiger partial charge in [0, 0.05) is 12.5 Å². The minimum atomic E-state index is -1.52. The highest BCUT2D eigenvalue weighted by Crippen LogP contribution is 2.38. The van der Waals surface area contributed by atoms with Crippen LogP contribution >= 0.6 is 0 Å². The molecule has 1 heterocycles. The molecule has 3 rings (SSSR count). The second-order valence-electron chi connectivity index (χ2n) is 10.3. The van der Waals surface area contributed by atoms with E-state index in [4.69, 9.17) is 9.84 Å². The zero-order valence-corrected chi connectivity index (χ0v) is 22.0. The summed E-state index contributed by atoms with van der Waals surface area (Å²) in [5.74, 6) is -0.249. The standard InChI is InChI=1S/C28H39NO10/c1-16-9-21(34)20(27-26(38)25(37)24(36)22(12-30)39-27)11-19(16)10-18-7-5-17(6-8-18)3-2-4-23(35)29-28(13-31,14-32)15-33/h5-9,11,22,24-27,30-34,36-38H,2-4,10,12-15H2,1H3,(H,29,35)/p+1/t22-,24-,25+,26-,27+/m1/s1. The third-order valence-corrected chi connectivity index (χ3v) is 7.31. The van der Waals surface area contributed by atoms with Crippen LogP contribution in [0, 0.1) is 6.92 Å². The van der Waals surface area contributed by atoms with Gasteiger partial charge in [-0.15, -0.1) is 0 Å². The predicted octanol–water partition coefficient (Wildman–Crippen LogP) is -1.31. The zero-order valence-electron chi connectivity index (χ0n) is 22.0. The van der Waals surface area contributed by atoms with Gasteiger partial charge in [-0.05, 0) is 54.5 Å². The summed E-state index contributed by atoms with van der Waals surface area (Å²) in [5.41, 5.74) is 2.70. The van der Waals surface area contributed by atoms with Crippen molar-refractivity contribution in [2.24, 2.45) is 0 Å². The van der Waals surface area contributed by atoms with E-state index in [0.29, 0.717) is 24.8 Å². The van der Waals surface area contributed by atoms with E-state index in [9.17, 15) is 40.5 Å². The maximum absolute atomic E-state index is 12.1. The van der Waals surface area contributed by atoms with Crippen molar-refractivity contribution in [3.8, 4) is 5.75 Å². The predicted molar refractivity (Wildman–Crippen MR) is 141 cm³/mol. The van der Waals surface area contributed by atoms with Crippen LogP contribution < -0.4 is 5.32 Å². The summed E-state index contributed by atoms with van der Waals surface area (Å²) in [6, 6.07) is 11.3. The van der Waals surface area contributed by atoms with Crippen LogP contribution in [0.15, 0.2) is 36.4 Å². The summed E-state index contributed by atoms with van der Waals surface area (Å²) >= 11 is 0. The van der Waals surface area contributed by atoms with Crippen LogP contribution in [0.1, 0.15) is 46.8 Å². The van der Waals surface area contributed by atoms with Gasteiger partial charge in [-0.25, -0.2) is 0 Å². The van der Waals surface area contributed by atoms with Crippen molar-refractivity contribution in [1.82, 2.24) is 5.32 Å². The van der Waals surface area contributed by atoms with Gasteiger partial charge in [0.25, 0.3) is 5.75 Å². The molecule has 0 unspecified atom stereocenters. The van der Waals surface area contributed by atoms with Gasteiger partial charge in [0.05, 0.1) is 32.0 Å². The summed E-state index contributed by atoms with van der Waals surface area (Å²) < 4.78 is 5.66. The van der Waals surface area contributed by atoms with Gasteiger partial charge in [-0.3, -0.25) is 4.79 Å². The summed E-state index contributed by atoms with van der Waals surface area (Å²) in [6.07, 6.45) is -4.72. The highest BCUT2D eigenvalue weighted by molar-refractivity contribution is 5.76. The smallest absolute Gasteiger partial charge is 0.260 e. The first-order chi connectivity index (χ1) is 18.6. The number of hydrogen-bond acceptors (Lipinski definition) is 9. The average Bonchev–Trinajstić information content (AvgIpc) is 2.93. The maximum Gasteiger partial charge on any atom is 0.260 e. The van der Waals surface area contributed by atoms with Crippen LogP contribution in [0.4, 0.5) is 0 Å². The lowest BCUT2D eigenvalue weighted by molar-refractivity contribution is -0.232. The quantitative estimate of drug-likeness (QED) is 0.148. The van der Waals surface area contributed by atoms with Gasteiger partial charge in [0.2, 0.25) is 5.91 Å². The fraction of sp³-hybridized carbons (Fsp3) is 0.536. The van der Waals surface area contributed by atoms with E-state index in [1.807, 2.05) is 31.2 Å². The lowest BCUT2D eigenvalue weighted by Crippen LogP contribution is -2.57. The van der Waals surface area contributed by atoms with E-state index >= 15 is 0 Å². The minimum absolute atomic E-state index is 0.120. The van der Waals surface area contributed by atoms with Crippen molar-refractivity contribution in [3.05, 3.63) is 64.2 Å². The molecule has 1 amide bonds. The van der Waals surface area contributed by atoms with E-state index in [1.54, 1.807) is 12.1 Å². The number of ether oxygens (including phenoxy) is 1. The molecule has 39 heavy (non-hydrogen) atoms. The highest BCUT2D eigenvalue weighted by Gasteiger charge is 2.45. The fourth-order valence-electron chi connectivity index (χ4n) is 4.68. The van der Waals surface area contributed by atoms with Crippen molar-refractivity contribution in [1.29, 1.82) is 0 Å². The normalized spacial score (nSPS) is 23.5. The minimum Gasteiger partial charge on any atom is -0.593 e. The number of rotatable bonds is 12. The Morgan fingerprint density at radius 3 is 2.15 bits per heavy atom. The van der Waals surface area contributed by atoms with E-state index in [2.05, 4.69) is 5.32 Å². The van der Waals surface area contributed by atoms with Gasteiger partial charge in [-0.2, -0.15) is 0 Å². The van der Waals surface area contributed by atoms with E-state index in [-0.39, 0.29) is 18.1 Å². The molecule has 5 atom stereocenters. The molecule has 0 spiro atoms. The molecule has 0 aliphatic carbocycles. The molecule has 0 aromatic heterocycles. The first kappa shape index (κ1) is 30.9. The molecule has 10 N–H and O–H groups in total. The molecule has 2 aromatic carbocycles. The number of aliphatic hydroxyl groups is 7. The molecule has 1 fully saturated rings. The number of aryl methyl sites for hydroxylation is 2. The Kier molecular flexibility index (Phi) is 10.8. The summed E-state index contributed by atoms with van der Waals surface area (Å²) in [4.78, 5) is 12.1. The number of nitrogens with one attached hydrogen (secondary N) is 1. The molecule has 1 saturated heterocycles. The number of amides is 1. The number of benzene rings is 2. The summed E-state index contributed by atoms with van der Waals surface area (Å²) in [6.45, 7) is -0.369. The second-order valence-corrected chi connectivity index (χ2v) is 10.3. The Hall–Kier alpha value is -2.61. The molecule has 1 aliphatic rings. The fourth-order valence-corrected chi connectivity index (χ4v) is 4.68. The van der Waals surface area contributed by atoms with Crippen LogP contribution in [0.2, 0.25) is 0 Å². The first-order valence-corrected chi connectivity index (χ1v) is 12.9. The van der Waals surface area contributed by atoms with Gasteiger partial charge >= 0.3 is 0 Å². The van der Waals surface area contributed by atoms with Crippen molar-refractivity contribution < 1.29 is 50.4 Å². The van der Waals surface area contributed by atoms with Gasteiger partial charge in [-0.1, -0.05) is 24.3 Å². The Bertz CT molecular complexity index is 1080. The molecular formula is C28H40NO10+. The Labute approximate surface area is 227 Å². The highest BCUT2D eigenvalue weighted by atomic mass is 16.5. The number of hydrogen-bond donors (Lipinski definition) is 8. The maximum atomic E-state index is 12.1. The third-order valence-electron chi connectivity index (χ3n) is 7.31. The average molecular weight is 551 g/mol. The lowest BCUT2D eigenvalue weighted by Gasteiger charge is -2.40. The van der Waals surface area contributed by atoms with E-state index < -0.39 is 62.5 Å². The number of carbonyl (C=O) groups excluding carboxylic acids is 1. The van der Waals surface area contributed by atoms with Gasteiger partial charge < -0.3 is 50.9 Å². The van der Waals surface area contributed by atoms with Crippen LogP contribution in [0.5, 0.6) is 5.75 Å². The molecule has 11 heteroatoms. The van der Waals surface area contributed by atoms with E-state index in [1.165, 1.54) is 0 Å². The topological polar surface area (TPSA) is 203 Å². The SMILES string of the molecule is Cc1cc([OH2+])c([C@@H]2O[C@H](CO)[C@@H](O)[C@H](O)[C@H]2O)cc1Cc1ccc(CCCC(=O)NC(CO)(CO)CO)cc1. The van der Waals surface area contributed by atoms with Crippen LogP contribution in [-0.2, 0) is 22.4 Å². The Morgan fingerprint density at radius 1 is 0.949 bits per heavy atom. The van der Waals surface area contributed by atoms with Crippen molar-refractivity contribution >= 4 is 5.91 Å². The molecule has 0 bridgehead atoms. The lowest BCUT2D eigenvalue weighted by atomic mass is 9.88. The van der Waals surface area contributed by atoms with Crippen molar-refractivity contribution in [3.63, 3.8) is 0 Å². The van der Waals surface area contributed by atoms with Crippen molar-refractivity contribution in [2.45, 2.75) is 68.7 Å². The van der Waals surface area contributed by atoms with Crippen LogP contribution in [-0.4, -0.2) is 103 Å². The second kappa shape index (κ2) is 13.6. The van der Waals surface area contributed by atoms with Gasteiger partial charge in [0.15, 0.2) is 0 Å². The number of aliphatic hydroxyl groups excluding tert-OH is 7. The summed E-state index contributed by atoms with van der Waals surface area (Å²) in [7, 11) is 0. The number of carbonyl (C=O) groups is 1. The van der Waals surface area contributed by atoms with Crippen molar-refractivity contribution in [2.75, 3.05) is 26.4 Å². The Morgan fingerprint density at radius 2 is 1.56 bits per heavy atom. The van der Waals surface area contributed by atoms with Crippen LogP contribution in [0.3, 0.4) is 0 Å². The largest absolute Gasteiger partial charge is 0.593 e. The van der Waals surface area contributed by atoms with Crippen LogP contribution in [0.25, 0.3) is 0 Å². The van der Waals surface area contributed by atoms with E-state index in [0.717, 1.165) is 22.3 Å².